The van der Waals surface area contributed by atoms with E-state index in [0.29, 0.717) is 24.3 Å². The van der Waals surface area contributed by atoms with Crippen molar-refractivity contribution < 1.29 is 33.5 Å². The van der Waals surface area contributed by atoms with Crippen molar-refractivity contribution in [2.45, 2.75) is 71.0 Å². The Labute approximate surface area is 319 Å². The number of carbonyl (C=O) groups is 6. The van der Waals surface area contributed by atoms with Crippen LogP contribution in [0.3, 0.4) is 0 Å². The third-order valence-electron chi connectivity index (χ3n) is 10.2. The van der Waals surface area contributed by atoms with Crippen LogP contribution in [0.5, 0.6) is 0 Å². The minimum Gasteiger partial charge on any atom is -0.384 e. The fourth-order valence-electron chi connectivity index (χ4n) is 7.12. The van der Waals surface area contributed by atoms with Crippen LogP contribution in [-0.4, -0.2) is 126 Å². The first-order valence-corrected chi connectivity index (χ1v) is 19.3. The summed E-state index contributed by atoms with van der Waals surface area (Å²) in [7, 11) is 4.59. The summed E-state index contributed by atoms with van der Waals surface area (Å²) in [5.41, 5.74) is 1.01. The van der Waals surface area contributed by atoms with E-state index in [4.69, 9.17) is 4.74 Å². The molecule has 2 aliphatic rings. The lowest BCUT2D eigenvalue weighted by Gasteiger charge is -2.43. The maximum Gasteiger partial charge on any atom is 0.271 e. The van der Waals surface area contributed by atoms with E-state index in [-0.39, 0.29) is 56.7 Å². The van der Waals surface area contributed by atoms with E-state index >= 15 is 0 Å². The first-order chi connectivity index (χ1) is 25.7. The number of aromatic nitrogens is 2. The van der Waals surface area contributed by atoms with Crippen molar-refractivity contribution in [3.8, 4) is 0 Å². The lowest BCUT2D eigenvalue weighted by molar-refractivity contribution is -0.154. The molecular weight excluding hydrogens is 713 g/mol. The second-order valence-corrected chi connectivity index (χ2v) is 15.8. The van der Waals surface area contributed by atoms with Crippen LogP contribution in [0.25, 0.3) is 10.9 Å². The number of hydrogen-bond donors (Lipinski definition) is 4. The zero-order chi connectivity index (χ0) is 39.2. The van der Waals surface area contributed by atoms with Crippen LogP contribution >= 0.6 is 11.3 Å². The lowest BCUT2D eigenvalue weighted by atomic mass is 9.68. The van der Waals surface area contributed by atoms with Gasteiger partial charge in [0.25, 0.3) is 5.91 Å². The van der Waals surface area contributed by atoms with Crippen molar-refractivity contribution in [2.75, 3.05) is 54.0 Å². The average molecular weight is 765 g/mol. The molecule has 2 aromatic heterocycles. The minimum absolute atomic E-state index is 0.0755. The lowest BCUT2D eigenvalue weighted by Crippen LogP contribution is -2.55. The summed E-state index contributed by atoms with van der Waals surface area (Å²) in [5, 5.41) is 11.6. The molecule has 0 radical (unpaired) electrons. The summed E-state index contributed by atoms with van der Waals surface area (Å²) >= 11 is 1.22. The first-order valence-electron chi connectivity index (χ1n) is 18.4. The number of nitrogens with one attached hydrogen (secondary N) is 4. The molecule has 1 fully saturated rings. The normalized spacial score (nSPS) is 22.4. The van der Waals surface area contributed by atoms with Crippen LogP contribution in [0.1, 0.15) is 73.6 Å². The molecule has 1 aromatic carbocycles. The highest BCUT2D eigenvalue weighted by molar-refractivity contribution is 7.09. The van der Waals surface area contributed by atoms with Crippen LogP contribution < -0.4 is 16.0 Å². The molecule has 0 unspecified atom stereocenters. The van der Waals surface area contributed by atoms with Crippen molar-refractivity contribution >= 4 is 57.7 Å². The summed E-state index contributed by atoms with van der Waals surface area (Å²) in [6.45, 7) is 5.36. The zero-order valence-corrected chi connectivity index (χ0v) is 32.7. The highest BCUT2D eigenvalue weighted by Crippen LogP contribution is 2.42. The number of hydrogen-bond acceptors (Lipinski definition) is 9. The van der Waals surface area contributed by atoms with E-state index < -0.39 is 53.1 Å². The van der Waals surface area contributed by atoms with Crippen molar-refractivity contribution in [2.24, 2.45) is 11.3 Å². The molecule has 15 nitrogen and oxygen atoms in total. The van der Waals surface area contributed by atoms with Crippen LogP contribution in [0, 0.1) is 11.3 Å². The highest BCUT2D eigenvalue weighted by Gasteiger charge is 2.47. The van der Waals surface area contributed by atoms with Crippen LogP contribution in [0.2, 0.25) is 0 Å². The van der Waals surface area contributed by atoms with E-state index in [1.54, 1.807) is 32.7 Å². The zero-order valence-electron chi connectivity index (χ0n) is 31.9. The van der Waals surface area contributed by atoms with Gasteiger partial charge in [-0.3, -0.25) is 28.8 Å². The molecule has 1 saturated carbocycles. The molecule has 1 aliphatic carbocycles. The van der Waals surface area contributed by atoms with Gasteiger partial charge in [-0.15, -0.1) is 11.3 Å². The number of rotatable bonds is 7. The SMILES string of the molecule is COCC1(C(=O)N2CCN(C)C(=O)[C@H](C)NC(=O)CN(C)C(=O)[C@@H](Cc3c[nH]c4ccccc34)NC(=O)c3csc(n3)[C@H](CC(C)C)NC(=O)C2)CCC1. The Hall–Kier alpha value is -4.83. The molecule has 3 heterocycles. The number of para-hydroxylation sites is 1. The molecular formula is C38H52N8O7S. The fourth-order valence-corrected chi connectivity index (χ4v) is 7.98. The maximum absolute atomic E-state index is 14.0. The van der Waals surface area contributed by atoms with Crippen LogP contribution in [-0.2, 0) is 35.1 Å². The Bertz CT molecular complexity index is 1850. The van der Waals surface area contributed by atoms with Gasteiger partial charge >= 0.3 is 0 Å². The quantitative estimate of drug-likeness (QED) is 0.282. The van der Waals surface area contributed by atoms with Crippen molar-refractivity contribution in [3.63, 3.8) is 0 Å². The summed E-state index contributed by atoms with van der Waals surface area (Å²) in [6, 6.07) is 5.05. The van der Waals surface area contributed by atoms with Gasteiger partial charge in [0.2, 0.25) is 29.5 Å². The molecule has 0 saturated heterocycles. The molecule has 54 heavy (non-hydrogen) atoms. The van der Waals surface area contributed by atoms with Crippen LogP contribution in [0.4, 0.5) is 0 Å². The van der Waals surface area contributed by atoms with Crippen molar-refractivity contribution in [1.82, 2.24) is 40.6 Å². The fraction of sp³-hybridized carbons (Fsp3) is 0.553. The van der Waals surface area contributed by atoms with E-state index in [0.717, 1.165) is 22.9 Å². The van der Waals surface area contributed by atoms with E-state index in [2.05, 4.69) is 25.9 Å². The van der Waals surface area contributed by atoms with Gasteiger partial charge in [-0.1, -0.05) is 38.5 Å². The Morgan fingerprint density at radius 3 is 2.37 bits per heavy atom. The first kappa shape index (κ1) is 40.4. The predicted octanol–water partition coefficient (Wildman–Crippen LogP) is 2.25. The predicted molar refractivity (Wildman–Crippen MR) is 203 cm³/mol. The second-order valence-electron chi connectivity index (χ2n) is 14.9. The topological polar surface area (TPSA) is 186 Å². The molecule has 3 atom stereocenters. The number of aromatic amines is 1. The van der Waals surface area contributed by atoms with Gasteiger partial charge in [0, 0.05) is 63.2 Å². The molecule has 2 bridgehead atoms. The summed E-state index contributed by atoms with van der Waals surface area (Å²) < 4.78 is 5.42. The number of amides is 6. The van der Waals surface area contributed by atoms with Crippen molar-refractivity contribution in [1.29, 1.82) is 0 Å². The maximum atomic E-state index is 14.0. The number of likely N-dealkylation sites (N-methyl/N-ethyl adjacent to an activating group) is 2. The highest BCUT2D eigenvalue weighted by atomic mass is 32.1. The van der Waals surface area contributed by atoms with Gasteiger partial charge in [0.05, 0.1) is 31.2 Å². The molecule has 5 rings (SSSR count). The molecule has 0 spiro atoms. The molecule has 292 valence electrons. The van der Waals surface area contributed by atoms with E-state index in [1.807, 2.05) is 38.1 Å². The van der Waals surface area contributed by atoms with Gasteiger partial charge in [0.15, 0.2) is 0 Å². The Morgan fingerprint density at radius 1 is 0.963 bits per heavy atom. The molecule has 6 amide bonds. The van der Waals surface area contributed by atoms with Gasteiger partial charge in [0.1, 0.15) is 22.8 Å². The Kier molecular flexibility index (Phi) is 13.1. The Morgan fingerprint density at radius 2 is 1.69 bits per heavy atom. The van der Waals surface area contributed by atoms with Gasteiger partial charge < -0.3 is 40.4 Å². The van der Waals surface area contributed by atoms with Gasteiger partial charge in [-0.25, -0.2) is 4.98 Å². The summed E-state index contributed by atoms with van der Waals surface area (Å²) in [4.78, 5) is 94.0. The number of methoxy groups -OCH3 is 1. The number of ether oxygens (including phenoxy) is 1. The standard InChI is InChI=1S/C38H52N8O7S/c1-23(2)16-28-34-43-30(21-54-34)33(49)42-29(17-25-18-39-27-11-8-7-10-26(25)27)36(51)45(5)19-31(47)40-24(3)35(50)44(4)14-15-46(20-32(48)41-28)37(52)38(22-53-6)12-9-13-38/h7-8,10-11,18,21,23-24,28-29,39H,9,12-17,19-20,22H2,1-6H3,(H,40,47)(H,41,48)(H,42,49)/t24-,28-,29+/m0/s1. The smallest absolute Gasteiger partial charge is 0.271 e. The summed E-state index contributed by atoms with van der Waals surface area (Å²) in [6.07, 6.45) is 4.57. The minimum atomic E-state index is -1.06. The van der Waals surface area contributed by atoms with E-state index in [9.17, 15) is 28.8 Å². The van der Waals surface area contributed by atoms with Crippen molar-refractivity contribution in [3.05, 3.63) is 52.1 Å². The number of carbonyl (C=O) groups excluding carboxylic acids is 6. The molecule has 4 N–H and O–H groups in total. The van der Waals surface area contributed by atoms with Crippen LogP contribution in [0.15, 0.2) is 35.8 Å². The molecule has 3 aromatic rings. The number of nitrogens with zero attached hydrogens (tertiary/aromatic N) is 4. The summed E-state index contributed by atoms with van der Waals surface area (Å²) in [5.74, 6) is -2.54. The third kappa shape index (κ3) is 9.45. The Balaban J connectivity index is 1.46. The van der Waals surface area contributed by atoms with Gasteiger partial charge in [-0.2, -0.15) is 0 Å². The molecule has 1 aliphatic heterocycles. The number of thiazole rings is 1. The second kappa shape index (κ2) is 17.5. The average Bonchev–Trinajstić information content (AvgIpc) is 3.77. The number of fused-ring (bicyclic) bond motifs is 3. The van der Waals surface area contributed by atoms with Gasteiger partial charge in [-0.05, 0) is 43.7 Å². The largest absolute Gasteiger partial charge is 0.384 e. The van der Waals surface area contributed by atoms with E-state index in [1.165, 1.54) is 33.1 Å². The molecule has 16 heteroatoms. The number of H-pyrrole nitrogens is 1. The number of benzene rings is 1. The monoisotopic (exact) mass is 764 g/mol. The third-order valence-corrected chi connectivity index (χ3v) is 11.1.